The number of anilines is 1. The summed E-state index contributed by atoms with van der Waals surface area (Å²) < 4.78 is 31.5. The molecule has 2 rings (SSSR count). The first-order valence-electron chi connectivity index (χ1n) is 7.32. The summed E-state index contributed by atoms with van der Waals surface area (Å²) in [7, 11) is -2.70. The number of nitrogens with zero attached hydrogens (tertiary/aromatic N) is 1. The molecule has 2 aromatic carbocycles. The number of carbonyl (C=O) groups excluding carboxylic acids is 1. The molecule has 0 saturated carbocycles. The number of esters is 1. The second-order valence-electron chi connectivity index (χ2n) is 5.06. The summed E-state index contributed by atoms with van der Waals surface area (Å²) in [5.41, 5.74) is 1.47. The molecule has 0 amide bonds. The molecule has 0 radical (unpaired) electrons. The zero-order chi connectivity index (χ0) is 17.7. The van der Waals surface area contributed by atoms with E-state index in [1.54, 1.807) is 12.1 Å². The van der Waals surface area contributed by atoms with Crippen molar-refractivity contribution in [3.05, 3.63) is 59.1 Å². The molecule has 0 aliphatic rings. The van der Waals surface area contributed by atoms with Crippen molar-refractivity contribution in [1.82, 2.24) is 0 Å². The van der Waals surface area contributed by atoms with E-state index in [-0.39, 0.29) is 4.90 Å². The summed E-state index contributed by atoms with van der Waals surface area (Å²) >= 11 is 5.82. The summed E-state index contributed by atoms with van der Waals surface area (Å²) in [5, 5.41) is 0.431. The SMILES string of the molecule is CCc1ccc(N(CC(=O)OC)S(=O)(=O)c2ccc(Cl)cc2)cc1. The fourth-order valence-corrected chi connectivity index (χ4v) is 3.66. The average Bonchev–Trinajstić information content (AvgIpc) is 2.59. The number of benzene rings is 2. The third kappa shape index (κ3) is 4.07. The Kier molecular flexibility index (Phi) is 5.85. The van der Waals surface area contributed by atoms with Gasteiger partial charge in [0.05, 0.1) is 17.7 Å². The van der Waals surface area contributed by atoms with Crippen molar-refractivity contribution in [1.29, 1.82) is 0 Å². The van der Waals surface area contributed by atoms with Gasteiger partial charge in [-0.25, -0.2) is 8.42 Å². The number of aryl methyl sites for hydroxylation is 1. The molecule has 7 heteroatoms. The van der Waals surface area contributed by atoms with Crippen LogP contribution in [0.5, 0.6) is 0 Å². The summed E-state index contributed by atoms with van der Waals surface area (Å²) in [6, 6.07) is 12.8. The van der Waals surface area contributed by atoms with Gasteiger partial charge in [-0.1, -0.05) is 30.7 Å². The smallest absolute Gasteiger partial charge is 0.326 e. The number of methoxy groups -OCH3 is 1. The molecule has 0 aliphatic heterocycles. The molecule has 128 valence electrons. The highest BCUT2D eigenvalue weighted by Gasteiger charge is 2.27. The molecular weight excluding hydrogens is 350 g/mol. The van der Waals surface area contributed by atoms with Crippen LogP contribution in [0.1, 0.15) is 12.5 Å². The Bertz CT molecular complexity index is 801. The van der Waals surface area contributed by atoms with Gasteiger partial charge in [0.15, 0.2) is 0 Å². The van der Waals surface area contributed by atoms with Crippen LogP contribution in [0.15, 0.2) is 53.4 Å². The van der Waals surface area contributed by atoms with Crippen LogP contribution in [0.2, 0.25) is 5.02 Å². The topological polar surface area (TPSA) is 63.7 Å². The largest absolute Gasteiger partial charge is 0.468 e. The van der Waals surface area contributed by atoms with Crippen LogP contribution < -0.4 is 4.31 Å². The standard InChI is InChI=1S/C17H18ClNO4S/c1-3-13-4-8-15(9-5-13)19(12-17(20)23-2)24(21,22)16-10-6-14(18)7-11-16/h4-11H,3,12H2,1-2H3. The van der Waals surface area contributed by atoms with Gasteiger partial charge < -0.3 is 4.74 Å². The lowest BCUT2D eigenvalue weighted by Gasteiger charge is -2.23. The van der Waals surface area contributed by atoms with Crippen LogP contribution in [-0.4, -0.2) is 28.0 Å². The lowest BCUT2D eigenvalue weighted by atomic mass is 10.1. The van der Waals surface area contributed by atoms with Crippen molar-refractivity contribution in [3.8, 4) is 0 Å². The molecule has 0 spiro atoms. The average molecular weight is 368 g/mol. The highest BCUT2D eigenvalue weighted by atomic mass is 35.5. The maximum absolute atomic E-state index is 12.9. The Labute approximate surface area is 146 Å². The lowest BCUT2D eigenvalue weighted by molar-refractivity contribution is -0.138. The number of rotatable bonds is 6. The van der Waals surface area contributed by atoms with E-state index in [1.165, 1.54) is 31.4 Å². The van der Waals surface area contributed by atoms with Crippen LogP contribution in [0.3, 0.4) is 0 Å². The number of hydrogen-bond acceptors (Lipinski definition) is 4. The number of sulfonamides is 1. The molecule has 2 aromatic rings. The number of carbonyl (C=O) groups is 1. The van der Waals surface area contributed by atoms with Gasteiger partial charge in [0.25, 0.3) is 10.0 Å². The quantitative estimate of drug-likeness (QED) is 0.735. The van der Waals surface area contributed by atoms with Gasteiger partial charge in [-0.3, -0.25) is 9.10 Å². The van der Waals surface area contributed by atoms with Crippen LogP contribution >= 0.6 is 11.6 Å². The Morgan fingerprint density at radius 1 is 1.08 bits per heavy atom. The van der Waals surface area contributed by atoms with E-state index in [1.807, 2.05) is 19.1 Å². The maximum Gasteiger partial charge on any atom is 0.326 e. The molecule has 0 fully saturated rings. The third-order valence-electron chi connectivity index (χ3n) is 3.53. The molecule has 5 nitrogen and oxygen atoms in total. The second-order valence-corrected chi connectivity index (χ2v) is 7.36. The number of ether oxygens (including phenoxy) is 1. The molecule has 0 saturated heterocycles. The molecule has 0 unspecified atom stereocenters. The minimum atomic E-state index is -3.92. The zero-order valence-electron chi connectivity index (χ0n) is 13.4. The lowest BCUT2D eigenvalue weighted by Crippen LogP contribution is -2.36. The molecule has 0 bridgehead atoms. The van der Waals surface area contributed by atoms with E-state index >= 15 is 0 Å². The zero-order valence-corrected chi connectivity index (χ0v) is 15.0. The monoisotopic (exact) mass is 367 g/mol. The minimum absolute atomic E-state index is 0.0513. The number of halogens is 1. The van der Waals surface area contributed by atoms with Crippen molar-refractivity contribution in [2.75, 3.05) is 18.0 Å². The van der Waals surface area contributed by atoms with Crippen molar-refractivity contribution in [2.24, 2.45) is 0 Å². The van der Waals surface area contributed by atoms with Crippen LogP contribution in [0.25, 0.3) is 0 Å². The Morgan fingerprint density at radius 3 is 2.17 bits per heavy atom. The minimum Gasteiger partial charge on any atom is -0.468 e. The Balaban J connectivity index is 2.47. The van der Waals surface area contributed by atoms with E-state index in [2.05, 4.69) is 4.74 Å². The van der Waals surface area contributed by atoms with E-state index in [0.717, 1.165) is 16.3 Å². The van der Waals surface area contributed by atoms with Crippen molar-refractivity contribution < 1.29 is 17.9 Å². The molecule has 0 aliphatic carbocycles. The fraction of sp³-hybridized carbons (Fsp3) is 0.235. The Hall–Kier alpha value is -2.05. The highest BCUT2D eigenvalue weighted by Crippen LogP contribution is 2.25. The van der Waals surface area contributed by atoms with Gasteiger partial charge in [-0.15, -0.1) is 0 Å². The second kappa shape index (κ2) is 7.68. The first kappa shape index (κ1) is 18.3. The summed E-state index contributed by atoms with van der Waals surface area (Å²) in [4.78, 5) is 11.8. The predicted octanol–water partition coefficient (Wildman–Crippen LogP) is 3.27. The van der Waals surface area contributed by atoms with Gasteiger partial charge in [0.1, 0.15) is 6.54 Å². The van der Waals surface area contributed by atoms with Crippen LogP contribution in [0.4, 0.5) is 5.69 Å². The van der Waals surface area contributed by atoms with Crippen LogP contribution in [-0.2, 0) is 26.0 Å². The van der Waals surface area contributed by atoms with Crippen molar-refractivity contribution in [3.63, 3.8) is 0 Å². The molecule has 0 N–H and O–H groups in total. The predicted molar refractivity (Wildman–Crippen MR) is 93.8 cm³/mol. The fourth-order valence-electron chi connectivity index (χ4n) is 2.13. The maximum atomic E-state index is 12.9. The first-order chi connectivity index (χ1) is 11.4. The Morgan fingerprint density at radius 2 is 1.67 bits per heavy atom. The van der Waals surface area contributed by atoms with E-state index in [9.17, 15) is 13.2 Å². The normalized spacial score (nSPS) is 11.1. The van der Waals surface area contributed by atoms with Gasteiger partial charge in [0.2, 0.25) is 0 Å². The molecule has 24 heavy (non-hydrogen) atoms. The summed E-state index contributed by atoms with van der Waals surface area (Å²) in [6.45, 7) is 1.60. The molecule has 0 heterocycles. The van der Waals surface area contributed by atoms with Gasteiger partial charge >= 0.3 is 5.97 Å². The van der Waals surface area contributed by atoms with E-state index < -0.39 is 22.5 Å². The van der Waals surface area contributed by atoms with E-state index in [0.29, 0.717) is 10.7 Å². The van der Waals surface area contributed by atoms with Gasteiger partial charge in [-0.05, 0) is 48.4 Å². The van der Waals surface area contributed by atoms with Gasteiger partial charge in [0, 0.05) is 5.02 Å². The van der Waals surface area contributed by atoms with E-state index in [4.69, 9.17) is 11.6 Å². The first-order valence-corrected chi connectivity index (χ1v) is 9.14. The molecule has 0 atom stereocenters. The van der Waals surface area contributed by atoms with Gasteiger partial charge in [-0.2, -0.15) is 0 Å². The van der Waals surface area contributed by atoms with Crippen molar-refractivity contribution >= 4 is 33.3 Å². The molecule has 0 aromatic heterocycles. The summed E-state index contributed by atoms with van der Waals surface area (Å²) in [5.74, 6) is -0.646. The van der Waals surface area contributed by atoms with Crippen LogP contribution in [0, 0.1) is 0 Å². The van der Waals surface area contributed by atoms with Crippen molar-refractivity contribution in [2.45, 2.75) is 18.2 Å². The third-order valence-corrected chi connectivity index (χ3v) is 5.57. The summed E-state index contributed by atoms with van der Waals surface area (Å²) in [6.07, 6.45) is 0.835. The highest BCUT2D eigenvalue weighted by molar-refractivity contribution is 7.92. The number of hydrogen-bond donors (Lipinski definition) is 0. The molecular formula is C17H18ClNO4S.